The number of rotatable bonds is 4. The molecule has 0 radical (unpaired) electrons. The lowest BCUT2D eigenvalue weighted by Crippen LogP contribution is -2.11. The van der Waals surface area contributed by atoms with Crippen LogP contribution in [0.5, 0.6) is 17.4 Å². The van der Waals surface area contributed by atoms with Crippen LogP contribution in [0.3, 0.4) is 0 Å². The molecule has 1 aromatic heterocycles. The molecule has 0 saturated carbocycles. The van der Waals surface area contributed by atoms with Crippen molar-refractivity contribution >= 4 is 0 Å². The Morgan fingerprint density at radius 2 is 1.79 bits per heavy atom. The zero-order chi connectivity index (χ0) is 13.8. The van der Waals surface area contributed by atoms with Gasteiger partial charge in [0.25, 0.3) is 5.56 Å². The number of methoxy groups -OCH3 is 1. The van der Waals surface area contributed by atoms with E-state index >= 15 is 0 Å². The summed E-state index contributed by atoms with van der Waals surface area (Å²) >= 11 is 0. The van der Waals surface area contributed by atoms with E-state index in [0.717, 1.165) is 5.75 Å². The normalized spacial score (nSPS) is 10.5. The van der Waals surface area contributed by atoms with Crippen molar-refractivity contribution in [1.29, 1.82) is 0 Å². The molecule has 0 aliphatic heterocycles. The summed E-state index contributed by atoms with van der Waals surface area (Å²) in [5.41, 5.74) is -0.220. The highest BCUT2D eigenvalue weighted by Crippen LogP contribution is 2.22. The SMILES string of the molecule is COc1ccc(Oc2cc(=O)[nH]c(C(C)C)n2)cc1. The van der Waals surface area contributed by atoms with Crippen LogP contribution >= 0.6 is 0 Å². The van der Waals surface area contributed by atoms with Crippen LogP contribution in [0.15, 0.2) is 35.1 Å². The highest BCUT2D eigenvalue weighted by molar-refractivity contribution is 5.33. The van der Waals surface area contributed by atoms with E-state index < -0.39 is 0 Å². The zero-order valence-electron chi connectivity index (χ0n) is 11.1. The quantitative estimate of drug-likeness (QED) is 0.918. The number of aromatic nitrogens is 2. The summed E-state index contributed by atoms with van der Waals surface area (Å²) in [6.07, 6.45) is 0. The number of hydrogen-bond donors (Lipinski definition) is 1. The summed E-state index contributed by atoms with van der Waals surface area (Å²) in [6, 6.07) is 8.42. The Hall–Kier alpha value is -2.30. The van der Waals surface area contributed by atoms with Crippen molar-refractivity contribution in [3.05, 3.63) is 46.5 Å². The van der Waals surface area contributed by atoms with Gasteiger partial charge in [0.15, 0.2) is 0 Å². The number of nitrogens with one attached hydrogen (secondary N) is 1. The molecule has 5 nitrogen and oxygen atoms in total. The maximum atomic E-state index is 11.5. The number of benzene rings is 1. The van der Waals surface area contributed by atoms with E-state index in [-0.39, 0.29) is 17.4 Å². The highest BCUT2D eigenvalue weighted by atomic mass is 16.5. The van der Waals surface area contributed by atoms with Gasteiger partial charge in [-0.3, -0.25) is 4.79 Å². The first kappa shape index (κ1) is 13.1. The summed E-state index contributed by atoms with van der Waals surface area (Å²) in [5, 5.41) is 0. The third-order valence-corrected chi connectivity index (χ3v) is 2.57. The van der Waals surface area contributed by atoms with Gasteiger partial charge in [0.2, 0.25) is 5.88 Å². The molecule has 0 atom stereocenters. The molecule has 100 valence electrons. The summed E-state index contributed by atoms with van der Waals surface area (Å²) in [6.45, 7) is 3.91. The van der Waals surface area contributed by atoms with E-state index in [1.54, 1.807) is 31.4 Å². The van der Waals surface area contributed by atoms with Gasteiger partial charge in [-0.15, -0.1) is 0 Å². The molecular formula is C14H16N2O3. The second-order valence-corrected chi connectivity index (χ2v) is 4.40. The second kappa shape index (κ2) is 5.56. The number of H-pyrrole nitrogens is 1. The van der Waals surface area contributed by atoms with Crippen molar-refractivity contribution in [2.45, 2.75) is 19.8 Å². The molecule has 5 heteroatoms. The summed E-state index contributed by atoms with van der Waals surface area (Å²) in [5.74, 6) is 2.38. The molecule has 19 heavy (non-hydrogen) atoms. The van der Waals surface area contributed by atoms with Crippen LogP contribution in [-0.4, -0.2) is 17.1 Å². The number of aromatic amines is 1. The van der Waals surface area contributed by atoms with E-state index in [4.69, 9.17) is 9.47 Å². The molecular weight excluding hydrogens is 244 g/mol. The van der Waals surface area contributed by atoms with Crippen molar-refractivity contribution in [2.75, 3.05) is 7.11 Å². The van der Waals surface area contributed by atoms with Crippen molar-refractivity contribution in [3.63, 3.8) is 0 Å². The van der Waals surface area contributed by atoms with Crippen molar-refractivity contribution < 1.29 is 9.47 Å². The maximum absolute atomic E-state index is 11.5. The van der Waals surface area contributed by atoms with Gasteiger partial charge in [0.05, 0.1) is 13.2 Å². The molecule has 1 N–H and O–H groups in total. The predicted octanol–water partition coefficient (Wildman–Crippen LogP) is 2.69. The lowest BCUT2D eigenvalue weighted by molar-refractivity contribution is 0.412. The molecule has 1 heterocycles. The van der Waals surface area contributed by atoms with Gasteiger partial charge in [-0.25, -0.2) is 0 Å². The topological polar surface area (TPSA) is 64.2 Å². The first-order valence-electron chi connectivity index (χ1n) is 6.01. The Morgan fingerprint density at radius 1 is 1.16 bits per heavy atom. The van der Waals surface area contributed by atoms with Crippen LogP contribution in [0.1, 0.15) is 25.6 Å². The minimum Gasteiger partial charge on any atom is -0.497 e. The van der Waals surface area contributed by atoms with E-state index in [1.807, 2.05) is 13.8 Å². The smallest absolute Gasteiger partial charge is 0.254 e. The largest absolute Gasteiger partial charge is 0.497 e. The minimum absolute atomic E-state index is 0.132. The second-order valence-electron chi connectivity index (χ2n) is 4.40. The lowest BCUT2D eigenvalue weighted by Gasteiger charge is -2.08. The molecule has 0 bridgehead atoms. The van der Waals surface area contributed by atoms with Crippen molar-refractivity contribution in [3.8, 4) is 17.4 Å². The van der Waals surface area contributed by atoms with Gasteiger partial charge >= 0.3 is 0 Å². The molecule has 0 spiro atoms. The fourth-order valence-corrected chi connectivity index (χ4v) is 1.54. The van der Waals surface area contributed by atoms with E-state index in [0.29, 0.717) is 11.6 Å². The Morgan fingerprint density at radius 3 is 2.37 bits per heavy atom. The average Bonchev–Trinajstić information content (AvgIpc) is 2.39. The third kappa shape index (κ3) is 3.34. The number of ether oxygens (including phenoxy) is 2. The summed E-state index contributed by atoms with van der Waals surface area (Å²) in [4.78, 5) is 18.5. The van der Waals surface area contributed by atoms with Gasteiger partial charge in [-0.05, 0) is 24.3 Å². The van der Waals surface area contributed by atoms with E-state index in [2.05, 4.69) is 9.97 Å². The molecule has 0 fully saturated rings. The van der Waals surface area contributed by atoms with E-state index in [9.17, 15) is 4.79 Å². The minimum atomic E-state index is -0.220. The van der Waals surface area contributed by atoms with Crippen LogP contribution < -0.4 is 15.0 Å². The Kier molecular flexibility index (Phi) is 3.85. The first-order valence-corrected chi connectivity index (χ1v) is 6.01. The molecule has 0 unspecified atom stereocenters. The van der Waals surface area contributed by atoms with Crippen molar-refractivity contribution in [1.82, 2.24) is 9.97 Å². The Balaban J connectivity index is 2.24. The van der Waals surface area contributed by atoms with Gasteiger partial charge in [0.1, 0.15) is 17.3 Å². The van der Waals surface area contributed by atoms with Gasteiger partial charge in [0, 0.05) is 5.92 Å². The standard InChI is InChI=1S/C14H16N2O3/c1-9(2)14-15-12(17)8-13(16-14)19-11-6-4-10(18-3)5-7-11/h4-9H,1-3H3,(H,15,16,17). The summed E-state index contributed by atoms with van der Waals surface area (Å²) in [7, 11) is 1.60. The van der Waals surface area contributed by atoms with Crippen LogP contribution in [0.25, 0.3) is 0 Å². The lowest BCUT2D eigenvalue weighted by atomic mass is 10.2. The maximum Gasteiger partial charge on any atom is 0.254 e. The number of nitrogens with zero attached hydrogens (tertiary/aromatic N) is 1. The van der Waals surface area contributed by atoms with Gasteiger partial charge in [-0.2, -0.15) is 4.98 Å². The monoisotopic (exact) mass is 260 g/mol. The molecule has 0 amide bonds. The Bertz CT molecular complexity index is 603. The molecule has 2 aromatic rings. The van der Waals surface area contributed by atoms with Gasteiger partial charge in [-0.1, -0.05) is 13.8 Å². The van der Waals surface area contributed by atoms with Crippen LogP contribution in [0.4, 0.5) is 0 Å². The van der Waals surface area contributed by atoms with Crippen LogP contribution in [0.2, 0.25) is 0 Å². The average molecular weight is 260 g/mol. The molecule has 1 aromatic carbocycles. The predicted molar refractivity (Wildman–Crippen MR) is 72.0 cm³/mol. The molecule has 0 aliphatic rings. The molecule has 2 rings (SSSR count). The molecule has 0 aliphatic carbocycles. The van der Waals surface area contributed by atoms with Crippen molar-refractivity contribution in [2.24, 2.45) is 0 Å². The highest BCUT2D eigenvalue weighted by Gasteiger charge is 2.07. The third-order valence-electron chi connectivity index (χ3n) is 2.57. The summed E-state index contributed by atoms with van der Waals surface area (Å²) < 4.78 is 10.6. The Labute approximate surface area is 111 Å². The first-order chi connectivity index (χ1) is 9.08. The zero-order valence-corrected chi connectivity index (χ0v) is 11.1. The van der Waals surface area contributed by atoms with E-state index in [1.165, 1.54) is 6.07 Å². The van der Waals surface area contributed by atoms with Gasteiger partial charge < -0.3 is 14.5 Å². The van der Waals surface area contributed by atoms with Crippen LogP contribution in [-0.2, 0) is 0 Å². The van der Waals surface area contributed by atoms with Crippen LogP contribution in [0, 0.1) is 0 Å². The molecule has 0 saturated heterocycles. The number of hydrogen-bond acceptors (Lipinski definition) is 4. The fourth-order valence-electron chi connectivity index (χ4n) is 1.54. The fraction of sp³-hybridized carbons (Fsp3) is 0.286.